The second-order valence-corrected chi connectivity index (χ2v) is 2.75. The first-order valence-electron chi connectivity index (χ1n) is 4.29. The Kier molecular flexibility index (Phi) is 10.7. The first-order chi connectivity index (χ1) is 6.17. The highest BCUT2D eigenvalue weighted by molar-refractivity contribution is 8.01. The molecule has 3 heteroatoms. The molecule has 0 aromatic rings. The van der Waals surface area contributed by atoms with Crippen LogP contribution in [0.5, 0.6) is 0 Å². The molecule has 0 rings (SSSR count). The number of rotatable bonds is 3. The molecule has 0 amide bonds. The van der Waals surface area contributed by atoms with Gasteiger partial charge in [-0.05, 0) is 31.4 Å². The summed E-state index contributed by atoms with van der Waals surface area (Å²) in [6, 6.07) is 0. The molecule has 0 fully saturated rings. The van der Waals surface area contributed by atoms with Gasteiger partial charge in [-0.2, -0.15) is 0 Å². The van der Waals surface area contributed by atoms with E-state index in [4.69, 9.17) is 10.9 Å². The highest BCUT2D eigenvalue weighted by atomic mass is 32.2. The van der Waals surface area contributed by atoms with Crippen molar-refractivity contribution in [3.63, 3.8) is 0 Å². The van der Waals surface area contributed by atoms with Crippen molar-refractivity contribution >= 4 is 11.9 Å². The summed E-state index contributed by atoms with van der Waals surface area (Å²) >= 11 is 1.12. The maximum atomic E-state index is 5.73. The normalized spacial score (nSPS) is 12.5. The molecule has 0 aliphatic rings. The Bertz CT molecular complexity index is 205. The summed E-state index contributed by atoms with van der Waals surface area (Å²) in [5.74, 6) is 0. The van der Waals surface area contributed by atoms with Crippen molar-refractivity contribution < 1.29 is 0 Å². The monoisotopic (exact) mass is 200 g/mol. The van der Waals surface area contributed by atoms with Crippen LogP contribution in [0.2, 0.25) is 0 Å². The fourth-order valence-corrected chi connectivity index (χ4v) is 0.956. The Hall–Kier alpha value is -0.670. The largest absolute Gasteiger partial charge is 0.398 e. The van der Waals surface area contributed by atoms with Gasteiger partial charge in [0.05, 0.1) is 0 Å². The van der Waals surface area contributed by atoms with Crippen molar-refractivity contribution in [1.82, 2.24) is 0 Å². The zero-order chi connectivity index (χ0) is 10.9. The number of nitrogens with two attached hydrogens (primary N) is 2. The average molecular weight is 200 g/mol. The van der Waals surface area contributed by atoms with Gasteiger partial charge in [0.2, 0.25) is 0 Å². The van der Waals surface area contributed by atoms with E-state index in [-0.39, 0.29) is 0 Å². The highest BCUT2D eigenvalue weighted by Crippen LogP contribution is 2.16. The highest BCUT2D eigenvalue weighted by Gasteiger charge is 1.98. The maximum absolute atomic E-state index is 5.73. The van der Waals surface area contributed by atoms with Crippen molar-refractivity contribution in [2.45, 2.75) is 27.7 Å². The van der Waals surface area contributed by atoms with Crippen LogP contribution in [0.3, 0.4) is 0 Å². The summed E-state index contributed by atoms with van der Waals surface area (Å²) in [7, 11) is 0. The van der Waals surface area contributed by atoms with E-state index in [1.54, 1.807) is 6.08 Å². The van der Waals surface area contributed by atoms with Crippen molar-refractivity contribution in [2.75, 3.05) is 0 Å². The molecule has 4 N–H and O–H groups in total. The second kappa shape index (κ2) is 9.42. The lowest BCUT2D eigenvalue weighted by atomic mass is 10.2. The fourth-order valence-electron chi connectivity index (χ4n) is 0.571. The van der Waals surface area contributed by atoms with Gasteiger partial charge in [-0.1, -0.05) is 32.6 Å². The molecule has 0 unspecified atom stereocenters. The number of hydrogen-bond donors (Lipinski definition) is 2. The predicted molar refractivity (Wildman–Crippen MR) is 64.0 cm³/mol. The van der Waals surface area contributed by atoms with Gasteiger partial charge < -0.3 is 5.73 Å². The SMILES string of the molecule is C=C/C(SN)=C(N)\C(C)=C/C.CC. The quantitative estimate of drug-likeness (QED) is 0.544. The molecule has 2 nitrogen and oxygen atoms in total. The predicted octanol–water partition coefficient (Wildman–Crippen LogP) is 2.94. The summed E-state index contributed by atoms with van der Waals surface area (Å²) in [5.41, 5.74) is 7.46. The summed E-state index contributed by atoms with van der Waals surface area (Å²) in [6.07, 6.45) is 3.60. The van der Waals surface area contributed by atoms with Crippen LogP contribution >= 0.6 is 11.9 Å². The third-order valence-corrected chi connectivity index (χ3v) is 2.08. The Morgan fingerprint density at radius 3 is 2.08 bits per heavy atom. The zero-order valence-electron chi connectivity index (χ0n) is 8.92. The molecule has 0 aliphatic carbocycles. The Labute approximate surface area is 85.9 Å². The average Bonchev–Trinajstić information content (AvgIpc) is 2.21. The van der Waals surface area contributed by atoms with E-state index in [9.17, 15) is 0 Å². The molecule has 0 aromatic carbocycles. The van der Waals surface area contributed by atoms with Crippen LogP contribution in [0.15, 0.2) is 34.9 Å². The van der Waals surface area contributed by atoms with Gasteiger partial charge >= 0.3 is 0 Å². The Balaban J connectivity index is 0. The molecule has 0 saturated carbocycles. The van der Waals surface area contributed by atoms with Crippen LogP contribution in [-0.4, -0.2) is 0 Å². The Morgan fingerprint density at radius 2 is 1.85 bits per heavy atom. The lowest BCUT2D eigenvalue weighted by Gasteiger charge is -2.04. The van der Waals surface area contributed by atoms with Crippen LogP contribution in [0.4, 0.5) is 0 Å². The van der Waals surface area contributed by atoms with Gasteiger partial charge in [0, 0.05) is 10.6 Å². The molecule has 0 heterocycles. The summed E-state index contributed by atoms with van der Waals surface area (Å²) in [4.78, 5) is 0.820. The van der Waals surface area contributed by atoms with Gasteiger partial charge in [0.1, 0.15) is 0 Å². The van der Waals surface area contributed by atoms with E-state index < -0.39 is 0 Å². The first-order valence-corrected chi connectivity index (χ1v) is 5.17. The molecule has 0 bridgehead atoms. The van der Waals surface area contributed by atoms with Crippen molar-refractivity contribution in [3.8, 4) is 0 Å². The van der Waals surface area contributed by atoms with Crippen molar-refractivity contribution in [2.24, 2.45) is 10.9 Å². The molecule has 13 heavy (non-hydrogen) atoms. The van der Waals surface area contributed by atoms with Crippen LogP contribution in [0.25, 0.3) is 0 Å². The molecule has 0 radical (unpaired) electrons. The molecule has 0 aromatic heterocycles. The standard InChI is InChI=1S/C8H14N2S.C2H6/c1-4-6(3)8(9)7(5-2)11-10;1-2/h4-5H,2,9-10H2,1,3H3;1-2H3/b6-4-,8-7-;. The van der Waals surface area contributed by atoms with Gasteiger partial charge in [-0.15, -0.1) is 0 Å². The van der Waals surface area contributed by atoms with Crippen molar-refractivity contribution in [1.29, 1.82) is 0 Å². The molecule has 0 aliphatic heterocycles. The molecule has 76 valence electrons. The summed E-state index contributed by atoms with van der Waals surface area (Å²) in [5, 5.41) is 5.36. The minimum absolute atomic E-state index is 0.704. The second-order valence-electron chi connectivity index (χ2n) is 2.07. The number of hydrogen-bond acceptors (Lipinski definition) is 3. The molecule has 0 saturated heterocycles. The van der Waals surface area contributed by atoms with E-state index in [1.807, 2.05) is 33.8 Å². The minimum atomic E-state index is 0.704. The van der Waals surface area contributed by atoms with E-state index in [2.05, 4.69) is 6.58 Å². The van der Waals surface area contributed by atoms with E-state index >= 15 is 0 Å². The zero-order valence-corrected chi connectivity index (χ0v) is 9.74. The lowest BCUT2D eigenvalue weighted by molar-refractivity contribution is 1.27. The van der Waals surface area contributed by atoms with Gasteiger partial charge in [-0.25, -0.2) is 0 Å². The topological polar surface area (TPSA) is 52.0 Å². The Morgan fingerprint density at radius 1 is 1.38 bits per heavy atom. The van der Waals surface area contributed by atoms with Crippen LogP contribution in [0.1, 0.15) is 27.7 Å². The van der Waals surface area contributed by atoms with Crippen LogP contribution < -0.4 is 10.9 Å². The van der Waals surface area contributed by atoms with E-state index in [0.717, 1.165) is 22.4 Å². The van der Waals surface area contributed by atoms with Gasteiger partial charge in [-0.3, -0.25) is 5.14 Å². The van der Waals surface area contributed by atoms with Crippen LogP contribution in [0, 0.1) is 0 Å². The maximum Gasteiger partial charge on any atom is 0.0491 e. The molecule has 0 spiro atoms. The van der Waals surface area contributed by atoms with Crippen molar-refractivity contribution in [3.05, 3.63) is 34.9 Å². The summed E-state index contributed by atoms with van der Waals surface area (Å²) < 4.78 is 0. The minimum Gasteiger partial charge on any atom is -0.398 e. The third kappa shape index (κ3) is 5.55. The van der Waals surface area contributed by atoms with E-state index in [0.29, 0.717) is 5.70 Å². The third-order valence-electron chi connectivity index (χ3n) is 1.44. The van der Waals surface area contributed by atoms with Gasteiger partial charge in [0.25, 0.3) is 0 Å². The fraction of sp³-hybridized carbons (Fsp3) is 0.400. The number of allylic oxidation sites excluding steroid dienone is 3. The molecular formula is C10H20N2S. The lowest BCUT2D eigenvalue weighted by Crippen LogP contribution is -2.02. The van der Waals surface area contributed by atoms with E-state index in [1.165, 1.54) is 0 Å². The smallest absolute Gasteiger partial charge is 0.0491 e. The summed E-state index contributed by atoms with van der Waals surface area (Å²) in [6.45, 7) is 11.5. The van der Waals surface area contributed by atoms with Gasteiger partial charge in [0.15, 0.2) is 0 Å². The molecule has 0 atom stereocenters. The first kappa shape index (κ1) is 14.8. The molecular weight excluding hydrogens is 180 g/mol. The van der Waals surface area contributed by atoms with Crippen LogP contribution in [-0.2, 0) is 0 Å².